The molecular formula is C25H40O2. The van der Waals surface area contributed by atoms with E-state index in [4.69, 9.17) is 4.74 Å². The molecule has 1 aromatic rings. The number of ether oxygens (including phenoxy) is 1. The van der Waals surface area contributed by atoms with Gasteiger partial charge in [0.2, 0.25) is 0 Å². The van der Waals surface area contributed by atoms with Crippen LogP contribution in [0.3, 0.4) is 0 Å². The second-order valence-electron chi connectivity index (χ2n) is 10.4. The van der Waals surface area contributed by atoms with Crippen molar-refractivity contribution in [3.63, 3.8) is 0 Å². The highest BCUT2D eigenvalue weighted by molar-refractivity contribution is 5.53. The van der Waals surface area contributed by atoms with Crippen molar-refractivity contribution in [2.24, 2.45) is 11.8 Å². The first kappa shape index (κ1) is 20.6. The molecule has 1 heterocycles. The average molecular weight is 373 g/mol. The Morgan fingerprint density at radius 2 is 1.89 bits per heavy atom. The highest BCUT2D eigenvalue weighted by Crippen LogP contribution is 2.56. The molecule has 1 fully saturated rings. The molecule has 0 radical (unpaired) electrons. The van der Waals surface area contributed by atoms with Crippen LogP contribution in [0, 0.1) is 11.8 Å². The smallest absolute Gasteiger partial charge is 0.127 e. The van der Waals surface area contributed by atoms with Crippen LogP contribution in [-0.4, -0.2) is 10.7 Å². The summed E-state index contributed by atoms with van der Waals surface area (Å²) in [5, 5.41) is 11.0. The SMILES string of the molecule is CCCCCCC(C)(C)c1cc(O)c2c(c1)OC(C)(C)C1CCC(C)CC21. The number of fused-ring (bicyclic) bond motifs is 3. The van der Waals surface area contributed by atoms with Crippen molar-refractivity contribution in [2.75, 3.05) is 0 Å². The van der Waals surface area contributed by atoms with Gasteiger partial charge in [-0.05, 0) is 68.1 Å². The summed E-state index contributed by atoms with van der Waals surface area (Å²) in [6.45, 7) is 13.7. The fourth-order valence-corrected chi connectivity index (χ4v) is 5.49. The third-order valence-corrected chi connectivity index (χ3v) is 7.31. The van der Waals surface area contributed by atoms with E-state index in [1.54, 1.807) is 0 Å². The normalized spacial score (nSPS) is 26.8. The molecule has 0 spiro atoms. The first-order valence-corrected chi connectivity index (χ1v) is 11.2. The molecule has 3 atom stereocenters. The Hall–Kier alpha value is -1.18. The van der Waals surface area contributed by atoms with Gasteiger partial charge in [-0.3, -0.25) is 0 Å². The number of unbranched alkanes of at least 4 members (excludes halogenated alkanes) is 3. The van der Waals surface area contributed by atoms with Gasteiger partial charge in [-0.15, -0.1) is 0 Å². The Balaban J connectivity index is 1.91. The van der Waals surface area contributed by atoms with Gasteiger partial charge < -0.3 is 9.84 Å². The lowest BCUT2D eigenvalue weighted by Gasteiger charge is -2.49. The summed E-state index contributed by atoms with van der Waals surface area (Å²) in [5.74, 6) is 3.05. The highest BCUT2D eigenvalue weighted by atomic mass is 16.5. The Labute approximate surface area is 166 Å². The molecule has 1 aliphatic carbocycles. The molecule has 0 saturated heterocycles. The third-order valence-electron chi connectivity index (χ3n) is 7.31. The highest BCUT2D eigenvalue weighted by Gasteiger charge is 2.47. The minimum absolute atomic E-state index is 0.0600. The Bertz CT molecular complexity index is 659. The van der Waals surface area contributed by atoms with Gasteiger partial charge >= 0.3 is 0 Å². The van der Waals surface area contributed by atoms with Crippen LogP contribution in [0.4, 0.5) is 0 Å². The fourth-order valence-electron chi connectivity index (χ4n) is 5.49. The molecule has 3 unspecified atom stereocenters. The molecule has 1 aliphatic heterocycles. The fraction of sp³-hybridized carbons (Fsp3) is 0.760. The number of phenolic OH excluding ortho intramolecular Hbond substituents is 1. The molecule has 3 rings (SSSR count). The molecule has 1 N–H and O–H groups in total. The van der Waals surface area contributed by atoms with Crippen molar-refractivity contribution in [1.82, 2.24) is 0 Å². The van der Waals surface area contributed by atoms with Crippen LogP contribution in [0.2, 0.25) is 0 Å². The maximum Gasteiger partial charge on any atom is 0.127 e. The molecule has 2 heteroatoms. The molecule has 27 heavy (non-hydrogen) atoms. The lowest BCUT2D eigenvalue weighted by molar-refractivity contribution is -0.0146. The van der Waals surface area contributed by atoms with Gasteiger partial charge in [0.25, 0.3) is 0 Å². The van der Waals surface area contributed by atoms with E-state index in [1.807, 2.05) is 6.07 Å². The number of hydrogen-bond acceptors (Lipinski definition) is 2. The van der Waals surface area contributed by atoms with E-state index in [0.29, 0.717) is 17.6 Å². The van der Waals surface area contributed by atoms with E-state index < -0.39 is 0 Å². The van der Waals surface area contributed by atoms with Crippen LogP contribution in [0.1, 0.15) is 110 Å². The quantitative estimate of drug-likeness (QED) is 0.530. The summed E-state index contributed by atoms with van der Waals surface area (Å²) in [5.41, 5.74) is 2.20. The molecule has 152 valence electrons. The van der Waals surface area contributed by atoms with Gasteiger partial charge in [-0.2, -0.15) is 0 Å². The van der Waals surface area contributed by atoms with Crippen molar-refractivity contribution in [1.29, 1.82) is 0 Å². The van der Waals surface area contributed by atoms with Gasteiger partial charge in [0.1, 0.15) is 17.1 Å². The maximum absolute atomic E-state index is 11.0. The van der Waals surface area contributed by atoms with Crippen molar-refractivity contribution < 1.29 is 9.84 Å². The standard InChI is InChI=1S/C25H40O2/c1-7-8-9-10-13-24(3,4)18-15-21(26)23-19-14-17(2)11-12-20(19)25(5,6)27-22(23)16-18/h15-17,19-20,26H,7-14H2,1-6H3. The van der Waals surface area contributed by atoms with Crippen LogP contribution < -0.4 is 4.74 Å². The summed E-state index contributed by atoms with van der Waals surface area (Å²) in [6.07, 6.45) is 9.90. The summed E-state index contributed by atoms with van der Waals surface area (Å²) in [6, 6.07) is 4.28. The van der Waals surface area contributed by atoms with Gasteiger partial charge in [-0.25, -0.2) is 0 Å². The van der Waals surface area contributed by atoms with Crippen molar-refractivity contribution >= 4 is 0 Å². The maximum atomic E-state index is 11.0. The summed E-state index contributed by atoms with van der Waals surface area (Å²) in [4.78, 5) is 0. The summed E-state index contributed by atoms with van der Waals surface area (Å²) in [7, 11) is 0. The van der Waals surface area contributed by atoms with E-state index in [0.717, 1.165) is 30.1 Å². The van der Waals surface area contributed by atoms with E-state index in [2.05, 4.69) is 47.6 Å². The summed E-state index contributed by atoms with van der Waals surface area (Å²) < 4.78 is 6.52. The van der Waals surface area contributed by atoms with Crippen molar-refractivity contribution in [3.05, 3.63) is 23.3 Å². The molecule has 1 aromatic carbocycles. The molecule has 0 bridgehead atoms. The van der Waals surface area contributed by atoms with E-state index in [1.165, 1.54) is 44.1 Å². The van der Waals surface area contributed by atoms with Crippen LogP contribution in [-0.2, 0) is 5.41 Å². The lowest BCUT2D eigenvalue weighted by atomic mass is 9.64. The van der Waals surface area contributed by atoms with Gasteiger partial charge in [0.05, 0.1) is 0 Å². The average Bonchev–Trinajstić information content (AvgIpc) is 2.57. The first-order valence-electron chi connectivity index (χ1n) is 11.2. The Morgan fingerprint density at radius 1 is 1.15 bits per heavy atom. The monoisotopic (exact) mass is 372 g/mol. The number of phenols is 1. The topological polar surface area (TPSA) is 29.5 Å². The number of rotatable bonds is 6. The van der Waals surface area contributed by atoms with E-state index in [-0.39, 0.29) is 11.0 Å². The largest absolute Gasteiger partial charge is 0.508 e. The first-order chi connectivity index (χ1) is 12.7. The molecular weight excluding hydrogens is 332 g/mol. The molecule has 2 aliphatic rings. The second-order valence-corrected chi connectivity index (χ2v) is 10.4. The van der Waals surface area contributed by atoms with Crippen LogP contribution in [0.15, 0.2) is 12.1 Å². The lowest BCUT2D eigenvalue weighted by Crippen LogP contribution is -2.46. The Kier molecular flexibility index (Phi) is 5.85. The predicted octanol–water partition coefficient (Wildman–Crippen LogP) is 7.33. The Morgan fingerprint density at radius 3 is 2.59 bits per heavy atom. The van der Waals surface area contributed by atoms with Crippen LogP contribution >= 0.6 is 0 Å². The van der Waals surface area contributed by atoms with Crippen molar-refractivity contribution in [3.8, 4) is 11.5 Å². The van der Waals surface area contributed by atoms with Crippen molar-refractivity contribution in [2.45, 2.75) is 110 Å². The van der Waals surface area contributed by atoms with Gasteiger partial charge in [0.15, 0.2) is 0 Å². The van der Waals surface area contributed by atoms with E-state index >= 15 is 0 Å². The minimum Gasteiger partial charge on any atom is -0.508 e. The van der Waals surface area contributed by atoms with E-state index in [9.17, 15) is 5.11 Å². The number of benzene rings is 1. The van der Waals surface area contributed by atoms with Gasteiger partial charge in [0, 0.05) is 11.5 Å². The van der Waals surface area contributed by atoms with Crippen LogP contribution in [0.25, 0.3) is 0 Å². The molecule has 0 aromatic heterocycles. The predicted molar refractivity (Wildman–Crippen MR) is 114 cm³/mol. The number of hydrogen-bond donors (Lipinski definition) is 1. The zero-order chi connectivity index (χ0) is 19.8. The molecule has 2 nitrogen and oxygen atoms in total. The molecule has 0 amide bonds. The van der Waals surface area contributed by atoms with Crippen LogP contribution in [0.5, 0.6) is 11.5 Å². The number of aromatic hydroxyl groups is 1. The van der Waals surface area contributed by atoms with Gasteiger partial charge in [-0.1, -0.05) is 59.8 Å². The zero-order valence-electron chi connectivity index (χ0n) is 18.4. The minimum atomic E-state index is -0.159. The molecule has 1 saturated carbocycles. The third kappa shape index (κ3) is 4.15. The zero-order valence-corrected chi connectivity index (χ0v) is 18.4. The summed E-state index contributed by atoms with van der Waals surface area (Å²) >= 11 is 0. The second kappa shape index (κ2) is 7.68.